The van der Waals surface area contributed by atoms with Crippen LogP contribution < -0.4 is 19.9 Å². The molecule has 1 aliphatic heterocycles. The van der Waals surface area contributed by atoms with Crippen molar-refractivity contribution in [2.24, 2.45) is 0 Å². The molecule has 1 fully saturated rings. The fourth-order valence-electron chi connectivity index (χ4n) is 3.39. The molecule has 0 aliphatic carbocycles. The molecule has 2 N–H and O–H groups in total. The van der Waals surface area contributed by atoms with Gasteiger partial charge < -0.3 is 24.7 Å². The van der Waals surface area contributed by atoms with E-state index in [0.29, 0.717) is 22.8 Å². The molecule has 3 aromatic rings. The zero-order valence-corrected chi connectivity index (χ0v) is 16.5. The minimum Gasteiger partial charge on any atom is -0.544 e. The summed E-state index contributed by atoms with van der Waals surface area (Å²) in [6.07, 6.45) is 0. The highest BCUT2D eigenvalue weighted by Gasteiger charge is 2.31. The van der Waals surface area contributed by atoms with E-state index in [2.05, 4.69) is 0 Å². The minimum atomic E-state index is -1.06. The lowest BCUT2D eigenvalue weighted by Crippen LogP contribution is -2.90. The number of carbonyl (C=O) groups excluding carboxylic acids is 2. The molecule has 0 amide bonds. The molecule has 1 aliphatic rings. The third kappa shape index (κ3) is 3.92. The number of nitrogens with two attached hydrogens (primary N) is 1. The lowest BCUT2D eigenvalue weighted by molar-refractivity contribution is -0.690. The molecule has 4 rings (SSSR count). The number of rotatable bonds is 5. The zero-order chi connectivity index (χ0) is 20.4. The van der Waals surface area contributed by atoms with Gasteiger partial charge in [-0.3, -0.25) is 0 Å². The van der Waals surface area contributed by atoms with Gasteiger partial charge in [-0.2, -0.15) is 0 Å². The van der Waals surface area contributed by atoms with Crippen molar-refractivity contribution in [3.63, 3.8) is 0 Å². The van der Waals surface area contributed by atoms with E-state index >= 15 is 0 Å². The van der Waals surface area contributed by atoms with Crippen molar-refractivity contribution in [2.75, 3.05) is 12.9 Å². The van der Waals surface area contributed by atoms with Crippen molar-refractivity contribution in [1.82, 2.24) is 0 Å². The van der Waals surface area contributed by atoms with Crippen LogP contribution >= 0.6 is 11.8 Å². The number of hydrogen-bond acceptors (Lipinski definition) is 6. The van der Waals surface area contributed by atoms with E-state index in [-0.39, 0.29) is 5.37 Å². The molecule has 1 heterocycles. The van der Waals surface area contributed by atoms with Crippen molar-refractivity contribution in [1.29, 1.82) is 0 Å². The van der Waals surface area contributed by atoms with Gasteiger partial charge in [0, 0.05) is 5.56 Å². The number of thioether (sulfide) groups is 1. The van der Waals surface area contributed by atoms with Gasteiger partial charge in [0.1, 0.15) is 12.0 Å². The number of ether oxygens (including phenoxy) is 2. The van der Waals surface area contributed by atoms with Crippen LogP contribution in [0.25, 0.3) is 10.8 Å². The number of esters is 1. The van der Waals surface area contributed by atoms with Crippen molar-refractivity contribution in [3.05, 3.63) is 71.8 Å². The topological polar surface area (TPSA) is 92.3 Å². The number of hydrogen-bond donors (Lipinski definition) is 1. The molecule has 0 aromatic heterocycles. The average Bonchev–Trinajstić information content (AvgIpc) is 3.24. The second-order valence-corrected chi connectivity index (χ2v) is 7.87. The predicted octanol–water partition coefficient (Wildman–Crippen LogP) is 1.49. The smallest absolute Gasteiger partial charge is 0.344 e. The number of carboxylic acids is 1. The first kappa shape index (κ1) is 19.3. The number of aliphatic carboxylic acids is 1. The summed E-state index contributed by atoms with van der Waals surface area (Å²) >= 11 is 1.53. The molecule has 0 radical (unpaired) electrons. The molecule has 0 bridgehead atoms. The van der Waals surface area contributed by atoms with Crippen molar-refractivity contribution >= 4 is 34.5 Å². The second kappa shape index (κ2) is 8.14. The van der Waals surface area contributed by atoms with Crippen LogP contribution in [-0.2, 0) is 4.79 Å². The Hall–Kier alpha value is -3.03. The highest BCUT2D eigenvalue weighted by atomic mass is 32.2. The molecule has 1 saturated heterocycles. The second-order valence-electron chi connectivity index (χ2n) is 6.70. The Morgan fingerprint density at radius 2 is 1.86 bits per heavy atom. The largest absolute Gasteiger partial charge is 0.544 e. The third-order valence-corrected chi connectivity index (χ3v) is 6.23. The summed E-state index contributed by atoms with van der Waals surface area (Å²) in [5, 5.41) is 14.5. The number of fused-ring (bicyclic) bond motifs is 1. The van der Waals surface area contributed by atoms with Crippen molar-refractivity contribution in [3.8, 4) is 11.5 Å². The number of carboxylic acid groups (broad SMARTS) is 1. The van der Waals surface area contributed by atoms with Crippen LogP contribution in [0.2, 0.25) is 0 Å². The fourth-order valence-corrected chi connectivity index (χ4v) is 4.69. The Bertz CT molecular complexity index is 1080. The van der Waals surface area contributed by atoms with Crippen LogP contribution in [0, 0.1) is 0 Å². The summed E-state index contributed by atoms with van der Waals surface area (Å²) in [6.45, 7) is 0. The normalized spacial score (nSPS) is 18.5. The van der Waals surface area contributed by atoms with Crippen LogP contribution in [0.15, 0.2) is 60.7 Å². The number of benzene rings is 3. The lowest BCUT2D eigenvalue weighted by atomic mass is 10.0. The van der Waals surface area contributed by atoms with Gasteiger partial charge in [0.15, 0.2) is 16.9 Å². The van der Waals surface area contributed by atoms with Crippen LogP contribution in [-0.4, -0.2) is 30.8 Å². The third-order valence-electron chi connectivity index (χ3n) is 4.89. The van der Waals surface area contributed by atoms with E-state index in [1.54, 1.807) is 23.5 Å². The van der Waals surface area contributed by atoms with Gasteiger partial charge >= 0.3 is 5.97 Å². The maximum Gasteiger partial charge on any atom is 0.344 e. The van der Waals surface area contributed by atoms with Gasteiger partial charge in [-0.25, -0.2) is 4.79 Å². The summed E-state index contributed by atoms with van der Waals surface area (Å²) < 4.78 is 11.0. The Kier molecular flexibility index (Phi) is 5.42. The number of methoxy groups -OCH3 is 1. The summed E-state index contributed by atoms with van der Waals surface area (Å²) in [5.74, 6) is -0.317. The Labute approximate surface area is 171 Å². The van der Waals surface area contributed by atoms with Gasteiger partial charge in [-0.15, -0.1) is 0 Å². The molecule has 6 nitrogen and oxygen atoms in total. The quantitative estimate of drug-likeness (QED) is 0.507. The molecular weight excluding hydrogens is 390 g/mol. The molecule has 7 heteroatoms. The van der Waals surface area contributed by atoms with Gasteiger partial charge in [0.05, 0.1) is 18.4 Å². The van der Waals surface area contributed by atoms with Crippen molar-refractivity contribution in [2.45, 2.75) is 11.4 Å². The maximum atomic E-state index is 12.8. The van der Waals surface area contributed by atoms with Gasteiger partial charge in [0.2, 0.25) is 0 Å². The fraction of sp³-hybridized carbons (Fsp3) is 0.182. The Balaban J connectivity index is 1.57. The van der Waals surface area contributed by atoms with E-state index < -0.39 is 18.0 Å². The highest BCUT2D eigenvalue weighted by Crippen LogP contribution is 2.35. The predicted molar refractivity (Wildman–Crippen MR) is 108 cm³/mol. The minimum absolute atomic E-state index is 0.0744. The number of carbonyl (C=O) groups is 2. The summed E-state index contributed by atoms with van der Waals surface area (Å²) in [5.41, 5.74) is 1.37. The molecule has 29 heavy (non-hydrogen) atoms. The van der Waals surface area contributed by atoms with E-state index in [4.69, 9.17) is 9.47 Å². The SMILES string of the molecule is COc1cc([C@@H]2[NH2+][C@H](C(=O)[O-])CS2)ccc1OC(=O)c1cccc2ccccc12. The molecule has 2 atom stereocenters. The molecular formula is C22H19NO5S. The molecule has 0 saturated carbocycles. The monoisotopic (exact) mass is 409 g/mol. The standard InChI is InChI=1S/C22H19NO5S/c1-27-19-11-14(20-23-17(12-29-20)21(24)25)9-10-18(19)28-22(26)16-8-4-6-13-5-2-3-7-15(13)16/h2-11,17,20,23H,12H2,1H3,(H,24,25)/t17-,20+/m0/s1. The molecule has 148 valence electrons. The van der Waals surface area contributed by atoms with E-state index in [1.165, 1.54) is 18.9 Å². The Morgan fingerprint density at radius 1 is 1.07 bits per heavy atom. The first-order valence-corrected chi connectivity index (χ1v) is 10.2. The van der Waals surface area contributed by atoms with Crippen LogP contribution in [0.3, 0.4) is 0 Å². The van der Waals surface area contributed by atoms with E-state index in [9.17, 15) is 14.7 Å². The van der Waals surface area contributed by atoms with Crippen molar-refractivity contribution < 1.29 is 29.5 Å². The lowest BCUT2D eigenvalue weighted by Gasteiger charge is -2.14. The van der Waals surface area contributed by atoms with Gasteiger partial charge in [-0.05, 0) is 35.0 Å². The highest BCUT2D eigenvalue weighted by molar-refractivity contribution is 7.99. The maximum absolute atomic E-state index is 12.8. The first-order valence-electron chi connectivity index (χ1n) is 9.12. The van der Waals surface area contributed by atoms with Crippen LogP contribution in [0.5, 0.6) is 11.5 Å². The van der Waals surface area contributed by atoms with Gasteiger partial charge in [-0.1, -0.05) is 48.2 Å². The molecule has 0 spiro atoms. The number of quaternary nitrogens is 1. The van der Waals surface area contributed by atoms with E-state index in [0.717, 1.165) is 16.3 Å². The van der Waals surface area contributed by atoms with E-state index in [1.807, 2.05) is 42.5 Å². The molecule has 3 aromatic carbocycles. The Morgan fingerprint density at radius 3 is 2.62 bits per heavy atom. The van der Waals surface area contributed by atoms with Gasteiger partial charge in [0.25, 0.3) is 0 Å². The first-order chi connectivity index (χ1) is 14.1. The average molecular weight is 409 g/mol. The summed E-state index contributed by atoms with van der Waals surface area (Å²) in [7, 11) is 1.50. The molecule has 0 unspecified atom stereocenters. The summed E-state index contributed by atoms with van der Waals surface area (Å²) in [6, 6.07) is 17.8. The van der Waals surface area contributed by atoms with Crippen LogP contribution in [0.1, 0.15) is 21.3 Å². The zero-order valence-electron chi connectivity index (χ0n) is 15.7. The van der Waals surface area contributed by atoms with Crippen LogP contribution in [0.4, 0.5) is 0 Å². The summed E-state index contributed by atoms with van der Waals surface area (Å²) in [4.78, 5) is 23.9.